The highest BCUT2D eigenvalue weighted by atomic mass is 32.2. The number of nitrogens with two attached hydrogens (primary N) is 1. The van der Waals surface area contributed by atoms with Crippen LogP contribution in [-0.2, 0) is 4.79 Å². The number of carboxylic acids is 1. The van der Waals surface area contributed by atoms with Gasteiger partial charge in [-0.15, -0.1) is 11.8 Å². The molecule has 6 heteroatoms. The second-order valence-electron chi connectivity index (χ2n) is 4.34. The summed E-state index contributed by atoms with van der Waals surface area (Å²) in [4.78, 5) is 11.3. The van der Waals surface area contributed by atoms with Crippen molar-refractivity contribution in [1.29, 1.82) is 0 Å². The van der Waals surface area contributed by atoms with E-state index in [2.05, 4.69) is 0 Å². The van der Waals surface area contributed by atoms with E-state index in [9.17, 15) is 13.6 Å². The van der Waals surface area contributed by atoms with E-state index in [1.54, 1.807) is 6.92 Å². The summed E-state index contributed by atoms with van der Waals surface area (Å²) >= 11 is 1.23. The van der Waals surface area contributed by atoms with Crippen molar-refractivity contribution in [2.24, 2.45) is 5.73 Å². The zero-order chi connectivity index (χ0) is 14.5. The van der Waals surface area contributed by atoms with Gasteiger partial charge in [-0.1, -0.05) is 6.92 Å². The molecular weight excluding hydrogens is 272 g/mol. The third-order valence-corrected chi connectivity index (χ3v) is 4.11. The summed E-state index contributed by atoms with van der Waals surface area (Å²) in [5, 5.41) is 8.99. The molecule has 0 amide bonds. The zero-order valence-electron chi connectivity index (χ0n) is 10.7. The lowest BCUT2D eigenvalue weighted by Gasteiger charge is -2.22. The zero-order valence-corrected chi connectivity index (χ0v) is 11.5. The minimum atomic E-state index is -1.22. The Morgan fingerprint density at radius 1 is 1.47 bits per heavy atom. The van der Waals surface area contributed by atoms with Gasteiger partial charge >= 0.3 is 5.97 Å². The highest BCUT2D eigenvalue weighted by molar-refractivity contribution is 7.99. The lowest BCUT2D eigenvalue weighted by atomic mass is 9.92. The van der Waals surface area contributed by atoms with Gasteiger partial charge in [0, 0.05) is 11.0 Å². The van der Waals surface area contributed by atoms with Gasteiger partial charge in [-0.3, -0.25) is 4.79 Å². The summed E-state index contributed by atoms with van der Waals surface area (Å²) in [5.41, 5.74) is 4.52. The summed E-state index contributed by atoms with van der Waals surface area (Å²) < 4.78 is 26.0. The van der Waals surface area contributed by atoms with Gasteiger partial charge in [0.05, 0.1) is 0 Å². The van der Waals surface area contributed by atoms with E-state index in [1.807, 2.05) is 0 Å². The van der Waals surface area contributed by atoms with Crippen LogP contribution in [0.3, 0.4) is 0 Å². The van der Waals surface area contributed by atoms with Crippen LogP contribution in [0.4, 0.5) is 8.78 Å². The van der Waals surface area contributed by atoms with E-state index in [-0.39, 0.29) is 0 Å². The number of hydrogen-bond acceptors (Lipinski definition) is 3. The molecule has 106 valence electrons. The van der Waals surface area contributed by atoms with Gasteiger partial charge in [0.15, 0.2) is 0 Å². The average Bonchev–Trinajstić information content (AvgIpc) is 2.36. The Labute approximate surface area is 115 Å². The Balaban J connectivity index is 2.45. The summed E-state index contributed by atoms with van der Waals surface area (Å²) in [6.45, 7) is 1.72. The average molecular weight is 289 g/mol. The Morgan fingerprint density at radius 2 is 2.16 bits per heavy atom. The maximum atomic E-state index is 13.3. The van der Waals surface area contributed by atoms with Crippen LogP contribution in [0.5, 0.6) is 0 Å². The molecule has 1 atom stereocenters. The van der Waals surface area contributed by atoms with Gasteiger partial charge in [0.2, 0.25) is 0 Å². The fourth-order valence-corrected chi connectivity index (χ4v) is 2.47. The van der Waals surface area contributed by atoms with E-state index in [4.69, 9.17) is 10.8 Å². The van der Waals surface area contributed by atoms with Gasteiger partial charge < -0.3 is 10.8 Å². The van der Waals surface area contributed by atoms with E-state index in [1.165, 1.54) is 23.9 Å². The highest BCUT2D eigenvalue weighted by Crippen LogP contribution is 2.25. The maximum Gasteiger partial charge on any atom is 0.323 e. The molecule has 0 aliphatic heterocycles. The number of carbonyl (C=O) groups is 1. The van der Waals surface area contributed by atoms with Crippen LogP contribution in [0.15, 0.2) is 23.1 Å². The van der Waals surface area contributed by atoms with Gasteiger partial charge in [-0.05, 0) is 37.1 Å². The van der Waals surface area contributed by atoms with Crippen molar-refractivity contribution >= 4 is 17.7 Å². The lowest BCUT2D eigenvalue weighted by Crippen LogP contribution is -2.47. The first kappa shape index (κ1) is 15.9. The van der Waals surface area contributed by atoms with Gasteiger partial charge in [0.25, 0.3) is 0 Å². The number of thioether (sulfide) groups is 1. The van der Waals surface area contributed by atoms with Crippen molar-refractivity contribution in [3.63, 3.8) is 0 Å². The van der Waals surface area contributed by atoms with Crippen LogP contribution < -0.4 is 5.73 Å². The standard InChI is InChI=1S/C13H17F2NO2S/c1-2-13(16,12(17)18)6-3-7-19-11-5-4-9(14)8-10(11)15/h4-5,8H,2-3,6-7,16H2,1H3,(H,17,18). The second kappa shape index (κ2) is 6.86. The normalized spacial score (nSPS) is 14.1. The van der Waals surface area contributed by atoms with Crippen LogP contribution in [0, 0.1) is 11.6 Å². The molecule has 0 saturated heterocycles. The van der Waals surface area contributed by atoms with Gasteiger partial charge in [-0.25, -0.2) is 8.78 Å². The number of rotatable bonds is 7. The minimum Gasteiger partial charge on any atom is -0.480 e. The smallest absolute Gasteiger partial charge is 0.323 e. The molecule has 1 rings (SSSR count). The van der Waals surface area contributed by atoms with Gasteiger partial charge in [0.1, 0.15) is 17.2 Å². The molecule has 19 heavy (non-hydrogen) atoms. The molecule has 1 unspecified atom stereocenters. The van der Waals surface area contributed by atoms with Crippen molar-refractivity contribution in [2.75, 3.05) is 5.75 Å². The first-order valence-corrected chi connectivity index (χ1v) is 6.98. The third-order valence-electron chi connectivity index (χ3n) is 2.98. The molecule has 0 aliphatic carbocycles. The van der Waals surface area contributed by atoms with E-state index < -0.39 is 23.1 Å². The molecule has 3 nitrogen and oxygen atoms in total. The minimum absolute atomic E-state index is 0.328. The first-order valence-electron chi connectivity index (χ1n) is 5.99. The Kier molecular flexibility index (Phi) is 5.75. The molecule has 3 N–H and O–H groups in total. The molecule has 0 aromatic heterocycles. The fourth-order valence-electron chi connectivity index (χ4n) is 1.60. The highest BCUT2D eigenvalue weighted by Gasteiger charge is 2.30. The quantitative estimate of drug-likeness (QED) is 0.598. The number of hydrogen-bond donors (Lipinski definition) is 2. The molecule has 0 radical (unpaired) electrons. The Morgan fingerprint density at radius 3 is 2.68 bits per heavy atom. The molecule has 0 saturated carbocycles. The van der Waals surface area contributed by atoms with Crippen molar-refractivity contribution < 1.29 is 18.7 Å². The monoisotopic (exact) mass is 289 g/mol. The Bertz CT molecular complexity index is 456. The molecule has 1 aromatic carbocycles. The van der Waals surface area contributed by atoms with Crippen molar-refractivity contribution in [2.45, 2.75) is 36.6 Å². The molecule has 0 spiro atoms. The molecule has 0 aliphatic rings. The lowest BCUT2D eigenvalue weighted by molar-refractivity contribution is -0.143. The molecule has 0 heterocycles. The maximum absolute atomic E-state index is 13.3. The predicted molar refractivity (Wildman–Crippen MR) is 71.2 cm³/mol. The van der Waals surface area contributed by atoms with Crippen LogP contribution in [-0.4, -0.2) is 22.4 Å². The van der Waals surface area contributed by atoms with Crippen LogP contribution in [0.25, 0.3) is 0 Å². The number of benzene rings is 1. The van der Waals surface area contributed by atoms with Crippen molar-refractivity contribution in [3.8, 4) is 0 Å². The SMILES string of the molecule is CCC(N)(CCCSc1ccc(F)cc1F)C(=O)O. The van der Waals surface area contributed by atoms with Crippen LogP contribution in [0.1, 0.15) is 26.2 Å². The third kappa shape index (κ3) is 4.47. The molecule has 0 bridgehead atoms. The predicted octanol–water partition coefficient (Wildman–Crippen LogP) is 3.03. The molecule has 0 fully saturated rings. The molecular formula is C13H17F2NO2S. The van der Waals surface area contributed by atoms with Crippen molar-refractivity contribution in [3.05, 3.63) is 29.8 Å². The summed E-state index contributed by atoms with van der Waals surface area (Å²) in [6.07, 6.45) is 1.23. The molecule has 1 aromatic rings. The summed E-state index contributed by atoms with van der Waals surface area (Å²) in [6, 6.07) is 3.41. The first-order chi connectivity index (χ1) is 8.89. The number of carboxylic acid groups (broad SMARTS) is 1. The second-order valence-corrected chi connectivity index (χ2v) is 5.48. The van der Waals surface area contributed by atoms with Gasteiger partial charge in [-0.2, -0.15) is 0 Å². The largest absolute Gasteiger partial charge is 0.480 e. The van der Waals surface area contributed by atoms with E-state index in [0.29, 0.717) is 29.9 Å². The number of aliphatic carboxylic acids is 1. The van der Waals surface area contributed by atoms with Crippen LogP contribution >= 0.6 is 11.8 Å². The Hall–Kier alpha value is -1.14. The van der Waals surface area contributed by atoms with E-state index >= 15 is 0 Å². The topological polar surface area (TPSA) is 63.3 Å². The summed E-state index contributed by atoms with van der Waals surface area (Å²) in [7, 11) is 0. The van der Waals surface area contributed by atoms with Crippen LogP contribution in [0.2, 0.25) is 0 Å². The summed E-state index contributed by atoms with van der Waals surface area (Å²) in [5.74, 6) is -1.69. The van der Waals surface area contributed by atoms with E-state index in [0.717, 1.165) is 6.07 Å². The number of halogens is 2. The van der Waals surface area contributed by atoms with Crippen molar-refractivity contribution in [1.82, 2.24) is 0 Å². The fraction of sp³-hybridized carbons (Fsp3) is 0.462.